The molecule has 0 radical (unpaired) electrons. The second-order valence-corrected chi connectivity index (χ2v) is 7.33. The maximum absolute atomic E-state index is 11.3. The number of pyridine rings is 1. The maximum atomic E-state index is 11.3. The number of rotatable bonds is 2. The van der Waals surface area contributed by atoms with Gasteiger partial charge in [0.2, 0.25) is 0 Å². The third kappa shape index (κ3) is 3.32. The molecule has 1 aliphatic heterocycles. The monoisotopic (exact) mass is 319 g/mol. The minimum absolute atomic E-state index is 0.158. The van der Waals surface area contributed by atoms with Crippen molar-refractivity contribution in [1.29, 1.82) is 0 Å². The molecule has 2 heterocycles. The van der Waals surface area contributed by atoms with Crippen LogP contribution in [-0.4, -0.2) is 30.9 Å². The van der Waals surface area contributed by atoms with Crippen molar-refractivity contribution < 1.29 is 8.42 Å². The number of nitrogens with two attached hydrogens (primary N) is 1. The van der Waals surface area contributed by atoms with Crippen molar-refractivity contribution in [3.05, 3.63) is 16.7 Å². The first kappa shape index (κ1) is 12.6. The van der Waals surface area contributed by atoms with E-state index in [-0.39, 0.29) is 17.5 Å². The van der Waals surface area contributed by atoms with E-state index in [1.54, 1.807) is 12.3 Å². The number of aromatic nitrogens is 1. The number of nitrogen functional groups attached to an aromatic ring is 1. The average molecular weight is 320 g/mol. The van der Waals surface area contributed by atoms with Gasteiger partial charge in [0.25, 0.3) is 0 Å². The van der Waals surface area contributed by atoms with Crippen LogP contribution in [-0.2, 0) is 9.84 Å². The smallest absolute Gasteiger partial charge is 0.150 e. The molecule has 0 spiro atoms. The van der Waals surface area contributed by atoms with Crippen molar-refractivity contribution in [2.45, 2.75) is 18.9 Å². The molecule has 0 amide bonds. The Hall–Kier alpha value is -0.820. The van der Waals surface area contributed by atoms with Crippen LogP contribution in [0.15, 0.2) is 16.7 Å². The third-order valence-corrected chi connectivity index (χ3v) is 5.08. The quantitative estimate of drug-likeness (QED) is 0.861. The number of sulfone groups is 1. The first-order valence-electron chi connectivity index (χ1n) is 5.34. The molecule has 94 valence electrons. The topological polar surface area (TPSA) is 85.1 Å². The molecule has 0 unspecified atom stereocenters. The van der Waals surface area contributed by atoms with Gasteiger partial charge in [-0.2, -0.15) is 0 Å². The lowest BCUT2D eigenvalue weighted by molar-refractivity contribution is 0.559. The molecule has 1 aromatic heterocycles. The van der Waals surface area contributed by atoms with Gasteiger partial charge >= 0.3 is 0 Å². The summed E-state index contributed by atoms with van der Waals surface area (Å²) in [7, 11) is -2.82. The molecule has 7 heteroatoms. The summed E-state index contributed by atoms with van der Waals surface area (Å²) >= 11 is 3.37. The fourth-order valence-corrected chi connectivity index (χ4v) is 3.76. The van der Waals surface area contributed by atoms with Gasteiger partial charge in [0.05, 0.1) is 27.9 Å². The van der Waals surface area contributed by atoms with Crippen molar-refractivity contribution in [2.24, 2.45) is 0 Å². The van der Waals surface area contributed by atoms with Gasteiger partial charge in [-0.05, 0) is 34.8 Å². The summed E-state index contributed by atoms with van der Waals surface area (Å²) in [5.41, 5.74) is 6.19. The van der Waals surface area contributed by atoms with E-state index in [1.807, 2.05) is 0 Å². The highest BCUT2D eigenvalue weighted by Gasteiger charge is 2.23. The number of hydrogen-bond donors (Lipinski definition) is 2. The Morgan fingerprint density at radius 2 is 2.06 bits per heavy atom. The number of nitrogens with zero attached hydrogens (tertiary/aromatic N) is 1. The molecule has 0 saturated carbocycles. The summed E-state index contributed by atoms with van der Waals surface area (Å²) < 4.78 is 23.4. The zero-order valence-corrected chi connectivity index (χ0v) is 11.6. The number of halogens is 1. The second-order valence-electron chi connectivity index (χ2n) is 4.17. The zero-order valence-electron chi connectivity index (χ0n) is 9.19. The number of anilines is 2. The number of hydrogen-bond acceptors (Lipinski definition) is 5. The van der Waals surface area contributed by atoms with Crippen LogP contribution in [0.2, 0.25) is 0 Å². The van der Waals surface area contributed by atoms with E-state index in [1.165, 1.54) is 0 Å². The predicted molar refractivity (Wildman–Crippen MR) is 71.6 cm³/mol. The average Bonchev–Trinajstić information content (AvgIpc) is 2.25. The van der Waals surface area contributed by atoms with Crippen LogP contribution in [0.3, 0.4) is 0 Å². The highest BCUT2D eigenvalue weighted by Crippen LogP contribution is 2.24. The lowest BCUT2D eigenvalue weighted by Crippen LogP contribution is -2.32. The maximum Gasteiger partial charge on any atom is 0.150 e. The lowest BCUT2D eigenvalue weighted by Gasteiger charge is -2.23. The summed E-state index contributed by atoms with van der Waals surface area (Å²) in [6, 6.07) is 1.93. The molecular formula is C10H14BrN3O2S. The molecular weight excluding hydrogens is 306 g/mol. The summed E-state index contributed by atoms with van der Waals surface area (Å²) in [5.74, 6) is 1.21. The molecule has 0 aromatic carbocycles. The summed E-state index contributed by atoms with van der Waals surface area (Å²) in [6.45, 7) is 0. The van der Waals surface area contributed by atoms with Crippen LogP contribution in [0.4, 0.5) is 11.5 Å². The van der Waals surface area contributed by atoms with Gasteiger partial charge in [-0.25, -0.2) is 13.4 Å². The van der Waals surface area contributed by atoms with E-state index in [0.717, 1.165) is 4.47 Å². The van der Waals surface area contributed by atoms with Crippen molar-refractivity contribution in [3.8, 4) is 0 Å². The van der Waals surface area contributed by atoms with E-state index >= 15 is 0 Å². The van der Waals surface area contributed by atoms with E-state index in [4.69, 9.17) is 5.73 Å². The summed E-state index contributed by atoms with van der Waals surface area (Å²) in [4.78, 5) is 4.18. The molecule has 3 N–H and O–H groups in total. The normalized spacial score (nSPS) is 20.1. The molecule has 0 atom stereocenters. The van der Waals surface area contributed by atoms with Crippen LogP contribution < -0.4 is 11.1 Å². The van der Waals surface area contributed by atoms with E-state index < -0.39 is 9.84 Å². The minimum Gasteiger partial charge on any atom is -0.397 e. The van der Waals surface area contributed by atoms with E-state index in [0.29, 0.717) is 24.3 Å². The van der Waals surface area contributed by atoms with Crippen molar-refractivity contribution in [2.75, 3.05) is 22.6 Å². The van der Waals surface area contributed by atoms with Crippen LogP contribution in [0.1, 0.15) is 12.8 Å². The fourth-order valence-electron chi connectivity index (χ4n) is 1.79. The Morgan fingerprint density at radius 3 is 2.65 bits per heavy atom. The molecule has 5 nitrogen and oxygen atoms in total. The molecule has 1 aromatic rings. The van der Waals surface area contributed by atoms with Gasteiger partial charge < -0.3 is 11.1 Å². The molecule has 2 rings (SSSR count). The van der Waals surface area contributed by atoms with E-state index in [2.05, 4.69) is 26.2 Å². The van der Waals surface area contributed by atoms with Gasteiger partial charge in [0.15, 0.2) is 0 Å². The van der Waals surface area contributed by atoms with Crippen LogP contribution in [0.25, 0.3) is 0 Å². The molecule has 17 heavy (non-hydrogen) atoms. The van der Waals surface area contributed by atoms with Gasteiger partial charge in [0, 0.05) is 6.04 Å². The first-order chi connectivity index (χ1) is 7.96. The Bertz CT molecular complexity index is 504. The van der Waals surface area contributed by atoms with Crippen molar-refractivity contribution >= 4 is 37.3 Å². The SMILES string of the molecule is Nc1cnc(NC2CCS(=O)(=O)CC2)c(Br)c1. The highest BCUT2D eigenvalue weighted by molar-refractivity contribution is 9.10. The van der Waals surface area contributed by atoms with Gasteiger partial charge in [-0.15, -0.1) is 0 Å². The minimum atomic E-state index is -2.82. The van der Waals surface area contributed by atoms with Crippen LogP contribution in [0.5, 0.6) is 0 Å². The molecule has 0 aliphatic carbocycles. The Labute approximate surface area is 109 Å². The molecule has 1 saturated heterocycles. The third-order valence-electron chi connectivity index (χ3n) is 2.76. The van der Waals surface area contributed by atoms with Crippen molar-refractivity contribution in [1.82, 2.24) is 4.98 Å². The summed E-state index contributed by atoms with van der Waals surface area (Å²) in [5, 5.41) is 3.24. The molecule has 0 bridgehead atoms. The molecule has 1 fully saturated rings. The van der Waals surface area contributed by atoms with Gasteiger partial charge in [-0.3, -0.25) is 0 Å². The Morgan fingerprint density at radius 1 is 1.41 bits per heavy atom. The standard InChI is InChI=1S/C10H14BrN3O2S/c11-9-5-7(12)6-13-10(9)14-8-1-3-17(15,16)4-2-8/h5-6,8H,1-4,12H2,(H,13,14). The van der Waals surface area contributed by atoms with Crippen LogP contribution in [0, 0.1) is 0 Å². The van der Waals surface area contributed by atoms with E-state index in [9.17, 15) is 8.42 Å². The summed E-state index contributed by atoms with van der Waals surface area (Å²) in [6.07, 6.45) is 2.83. The first-order valence-corrected chi connectivity index (χ1v) is 7.96. The second kappa shape index (κ2) is 4.81. The molecule has 1 aliphatic rings. The van der Waals surface area contributed by atoms with Crippen molar-refractivity contribution in [3.63, 3.8) is 0 Å². The van der Waals surface area contributed by atoms with Gasteiger partial charge in [0.1, 0.15) is 15.7 Å². The lowest BCUT2D eigenvalue weighted by atomic mass is 10.1. The highest BCUT2D eigenvalue weighted by atomic mass is 79.9. The Kier molecular flexibility index (Phi) is 3.58. The van der Waals surface area contributed by atoms with Gasteiger partial charge in [-0.1, -0.05) is 0 Å². The Balaban J connectivity index is 2.02. The largest absolute Gasteiger partial charge is 0.397 e. The number of nitrogens with one attached hydrogen (secondary N) is 1. The fraction of sp³-hybridized carbons (Fsp3) is 0.500. The zero-order chi connectivity index (χ0) is 12.5. The van der Waals surface area contributed by atoms with Crippen LogP contribution >= 0.6 is 15.9 Å². The predicted octanol–water partition coefficient (Wildman–Crippen LogP) is 1.42.